The van der Waals surface area contributed by atoms with Crippen molar-refractivity contribution in [2.45, 2.75) is 20.0 Å². The first kappa shape index (κ1) is 14.0. The standard InChI is InChI=1S/C14H16N2O4/c1-9(2)20-11-5-3-10(4-6-11)14(19)16-7-12(17)15-13(18)8-16/h3-6,9H,7-8H2,1-2H3,(H,15,17,18). The minimum absolute atomic E-state index is 0.0555. The molecule has 0 unspecified atom stereocenters. The summed E-state index contributed by atoms with van der Waals surface area (Å²) in [6, 6.07) is 6.63. The molecule has 6 nitrogen and oxygen atoms in total. The maximum absolute atomic E-state index is 12.2. The molecule has 1 aromatic rings. The Morgan fingerprint density at radius 1 is 1.15 bits per heavy atom. The first-order valence-corrected chi connectivity index (χ1v) is 6.34. The second kappa shape index (κ2) is 5.73. The van der Waals surface area contributed by atoms with Gasteiger partial charge >= 0.3 is 0 Å². The molecule has 20 heavy (non-hydrogen) atoms. The molecule has 0 aromatic heterocycles. The zero-order valence-corrected chi connectivity index (χ0v) is 11.4. The average molecular weight is 276 g/mol. The molecule has 2 rings (SSSR count). The summed E-state index contributed by atoms with van der Waals surface area (Å²) >= 11 is 0. The number of piperazine rings is 1. The predicted molar refractivity (Wildman–Crippen MR) is 71.3 cm³/mol. The number of benzene rings is 1. The summed E-state index contributed by atoms with van der Waals surface area (Å²) < 4.78 is 5.49. The number of imide groups is 1. The maximum atomic E-state index is 12.2. The van der Waals surface area contributed by atoms with Crippen LogP contribution < -0.4 is 10.1 Å². The normalized spacial score (nSPS) is 15.2. The average Bonchev–Trinajstić information content (AvgIpc) is 2.37. The molecule has 1 fully saturated rings. The lowest BCUT2D eigenvalue weighted by Gasteiger charge is -2.25. The predicted octanol–water partition coefficient (Wildman–Crippen LogP) is 0.572. The monoisotopic (exact) mass is 276 g/mol. The van der Waals surface area contributed by atoms with Crippen molar-refractivity contribution in [2.75, 3.05) is 13.1 Å². The van der Waals surface area contributed by atoms with Gasteiger partial charge in [0.1, 0.15) is 18.8 Å². The summed E-state index contributed by atoms with van der Waals surface area (Å²) in [6.45, 7) is 3.62. The fraction of sp³-hybridized carbons (Fsp3) is 0.357. The third-order valence-electron chi connectivity index (χ3n) is 2.71. The Hall–Kier alpha value is -2.37. The third-order valence-corrected chi connectivity index (χ3v) is 2.71. The quantitative estimate of drug-likeness (QED) is 0.819. The van der Waals surface area contributed by atoms with Crippen LogP contribution in [0.5, 0.6) is 5.75 Å². The molecule has 1 heterocycles. The number of nitrogens with one attached hydrogen (secondary N) is 1. The molecule has 0 radical (unpaired) electrons. The minimum atomic E-state index is -0.464. The Kier molecular flexibility index (Phi) is 4.02. The van der Waals surface area contributed by atoms with Crippen LogP contribution in [0.15, 0.2) is 24.3 Å². The smallest absolute Gasteiger partial charge is 0.254 e. The van der Waals surface area contributed by atoms with E-state index in [0.29, 0.717) is 11.3 Å². The molecular weight excluding hydrogens is 260 g/mol. The van der Waals surface area contributed by atoms with Crippen molar-refractivity contribution in [3.63, 3.8) is 0 Å². The molecule has 0 spiro atoms. The molecule has 1 aromatic carbocycles. The van der Waals surface area contributed by atoms with Crippen LogP contribution in [0.25, 0.3) is 0 Å². The van der Waals surface area contributed by atoms with Crippen LogP contribution in [0.4, 0.5) is 0 Å². The molecule has 1 aliphatic rings. The maximum Gasteiger partial charge on any atom is 0.254 e. The van der Waals surface area contributed by atoms with E-state index >= 15 is 0 Å². The van der Waals surface area contributed by atoms with E-state index in [0.717, 1.165) is 0 Å². The van der Waals surface area contributed by atoms with Gasteiger partial charge in [-0.15, -0.1) is 0 Å². The molecule has 0 bridgehead atoms. The highest BCUT2D eigenvalue weighted by Crippen LogP contribution is 2.15. The van der Waals surface area contributed by atoms with Crippen molar-refractivity contribution in [1.29, 1.82) is 0 Å². The van der Waals surface area contributed by atoms with Gasteiger partial charge in [-0.05, 0) is 38.1 Å². The van der Waals surface area contributed by atoms with Gasteiger partial charge in [0.2, 0.25) is 11.8 Å². The lowest BCUT2D eigenvalue weighted by molar-refractivity contribution is -0.135. The number of carbonyl (C=O) groups is 3. The van der Waals surface area contributed by atoms with Gasteiger partial charge in [-0.1, -0.05) is 0 Å². The van der Waals surface area contributed by atoms with Gasteiger partial charge in [0.05, 0.1) is 6.10 Å². The van der Waals surface area contributed by atoms with Crippen LogP contribution in [0.1, 0.15) is 24.2 Å². The van der Waals surface area contributed by atoms with Gasteiger partial charge in [0.25, 0.3) is 5.91 Å². The van der Waals surface area contributed by atoms with E-state index in [4.69, 9.17) is 4.74 Å². The van der Waals surface area contributed by atoms with Crippen LogP contribution in [0, 0.1) is 0 Å². The Labute approximate surface area is 116 Å². The fourth-order valence-electron chi connectivity index (χ4n) is 1.91. The number of hydrogen-bond acceptors (Lipinski definition) is 4. The van der Waals surface area contributed by atoms with Crippen LogP contribution in [-0.4, -0.2) is 41.8 Å². The van der Waals surface area contributed by atoms with Crippen molar-refractivity contribution in [2.24, 2.45) is 0 Å². The Morgan fingerprint density at radius 3 is 2.20 bits per heavy atom. The fourth-order valence-corrected chi connectivity index (χ4v) is 1.91. The van der Waals surface area contributed by atoms with Gasteiger partial charge in [-0.3, -0.25) is 19.7 Å². The SMILES string of the molecule is CC(C)Oc1ccc(C(=O)N2CC(=O)NC(=O)C2)cc1. The summed E-state index contributed by atoms with van der Waals surface area (Å²) in [5.41, 5.74) is 0.420. The Bertz CT molecular complexity index is 521. The number of carbonyl (C=O) groups excluding carboxylic acids is 3. The second-order valence-electron chi connectivity index (χ2n) is 4.82. The van der Waals surface area contributed by atoms with E-state index in [1.165, 1.54) is 4.90 Å². The summed E-state index contributed by atoms with van der Waals surface area (Å²) in [4.78, 5) is 35.9. The van der Waals surface area contributed by atoms with E-state index in [9.17, 15) is 14.4 Å². The van der Waals surface area contributed by atoms with Crippen molar-refractivity contribution in [3.05, 3.63) is 29.8 Å². The Balaban J connectivity index is 2.09. The molecule has 1 aliphatic heterocycles. The van der Waals surface area contributed by atoms with Gasteiger partial charge < -0.3 is 9.64 Å². The van der Waals surface area contributed by atoms with Crippen molar-refractivity contribution in [1.82, 2.24) is 10.2 Å². The largest absolute Gasteiger partial charge is 0.491 e. The van der Waals surface area contributed by atoms with Crippen molar-refractivity contribution < 1.29 is 19.1 Å². The van der Waals surface area contributed by atoms with Crippen molar-refractivity contribution >= 4 is 17.7 Å². The van der Waals surface area contributed by atoms with E-state index in [1.54, 1.807) is 24.3 Å². The number of ether oxygens (including phenoxy) is 1. The van der Waals surface area contributed by atoms with Gasteiger partial charge in [-0.2, -0.15) is 0 Å². The molecule has 0 atom stereocenters. The molecule has 106 valence electrons. The minimum Gasteiger partial charge on any atom is -0.491 e. The first-order chi connectivity index (χ1) is 9.45. The summed E-state index contributed by atoms with van der Waals surface area (Å²) in [5.74, 6) is -0.600. The molecule has 0 aliphatic carbocycles. The molecule has 1 saturated heterocycles. The second-order valence-corrected chi connectivity index (χ2v) is 4.82. The van der Waals surface area contributed by atoms with Crippen LogP contribution in [0.3, 0.4) is 0 Å². The number of hydrogen-bond donors (Lipinski definition) is 1. The van der Waals surface area contributed by atoms with Crippen LogP contribution in [-0.2, 0) is 9.59 Å². The molecule has 1 N–H and O–H groups in total. The lowest BCUT2D eigenvalue weighted by Crippen LogP contribution is -2.53. The van der Waals surface area contributed by atoms with E-state index < -0.39 is 11.8 Å². The topological polar surface area (TPSA) is 75.7 Å². The zero-order chi connectivity index (χ0) is 14.7. The number of rotatable bonds is 3. The highest BCUT2D eigenvalue weighted by Gasteiger charge is 2.26. The molecule has 3 amide bonds. The summed E-state index contributed by atoms with van der Waals surface area (Å²) in [7, 11) is 0. The van der Waals surface area contributed by atoms with E-state index in [2.05, 4.69) is 5.32 Å². The molecule has 0 saturated carbocycles. The van der Waals surface area contributed by atoms with Gasteiger partial charge in [-0.25, -0.2) is 0 Å². The third kappa shape index (κ3) is 3.34. The Morgan fingerprint density at radius 2 is 1.70 bits per heavy atom. The van der Waals surface area contributed by atoms with Gasteiger partial charge in [0, 0.05) is 5.56 Å². The van der Waals surface area contributed by atoms with Crippen molar-refractivity contribution in [3.8, 4) is 5.75 Å². The molecule has 6 heteroatoms. The van der Waals surface area contributed by atoms with E-state index in [-0.39, 0.29) is 25.1 Å². The summed E-state index contributed by atoms with van der Waals surface area (Å²) in [6.07, 6.45) is 0.0555. The molecular formula is C14H16N2O4. The zero-order valence-electron chi connectivity index (χ0n) is 11.4. The lowest BCUT2D eigenvalue weighted by atomic mass is 10.1. The number of amides is 3. The van der Waals surface area contributed by atoms with Crippen LogP contribution in [0.2, 0.25) is 0 Å². The highest BCUT2D eigenvalue weighted by molar-refractivity contribution is 6.05. The highest BCUT2D eigenvalue weighted by atomic mass is 16.5. The first-order valence-electron chi connectivity index (χ1n) is 6.34. The van der Waals surface area contributed by atoms with E-state index in [1.807, 2.05) is 13.8 Å². The summed E-state index contributed by atoms with van der Waals surface area (Å²) in [5, 5.41) is 2.15. The van der Waals surface area contributed by atoms with Gasteiger partial charge in [0.15, 0.2) is 0 Å². The number of nitrogens with zero attached hydrogens (tertiary/aromatic N) is 1. The van der Waals surface area contributed by atoms with Crippen LogP contribution >= 0.6 is 0 Å².